The molecule has 0 radical (unpaired) electrons. The van der Waals surface area contributed by atoms with Crippen LogP contribution in [0.15, 0.2) is 22.7 Å². The first-order chi connectivity index (χ1) is 8.28. The van der Waals surface area contributed by atoms with E-state index in [4.69, 9.17) is 5.73 Å². The minimum Gasteiger partial charge on any atom is -0.404 e. The number of halogens is 4. The maximum Gasteiger partial charge on any atom is 0.573 e. The van der Waals surface area contributed by atoms with Gasteiger partial charge in [0, 0.05) is 17.4 Å². The highest BCUT2D eigenvalue weighted by molar-refractivity contribution is 9.10. The summed E-state index contributed by atoms with van der Waals surface area (Å²) in [5.41, 5.74) is 5.06. The van der Waals surface area contributed by atoms with Crippen LogP contribution in [0, 0.1) is 0 Å². The van der Waals surface area contributed by atoms with Crippen molar-refractivity contribution in [2.75, 3.05) is 11.9 Å². The minimum atomic E-state index is -4.78. The number of carbonyl (C=O) groups is 1. The van der Waals surface area contributed by atoms with Gasteiger partial charge < -0.3 is 15.8 Å². The van der Waals surface area contributed by atoms with Crippen molar-refractivity contribution in [3.63, 3.8) is 0 Å². The van der Waals surface area contributed by atoms with Crippen LogP contribution >= 0.6 is 15.9 Å². The van der Waals surface area contributed by atoms with Crippen molar-refractivity contribution in [3.05, 3.63) is 22.7 Å². The first-order valence-electron chi connectivity index (χ1n) is 4.85. The molecule has 0 heterocycles. The van der Waals surface area contributed by atoms with Crippen LogP contribution in [0.1, 0.15) is 6.42 Å². The minimum absolute atomic E-state index is 0.0154. The summed E-state index contributed by atoms with van der Waals surface area (Å²) in [6, 6.07) is 4.14. The lowest BCUT2D eigenvalue weighted by Crippen LogP contribution is -2.19. The molecule has 1 amide bonds. The fourth-order valence-corrected chi connectivity index (χ4v) is 1.51. The lowest BCUT2D eigenvalue weighted by molar-refractivity contribution is -0.274. The number of ether oxygens (including phenoxy) is 1. The molecule has 0 aliphatic rings. The Morgan fingerprint density at radius 3 is 2.67 bits per heavy atom. The third-order valence-electron chi connectivity index (χ3n) is 1.86. The standard InChI is InChI=1S/C10H10BrF3N2O2/c11-6-1-2-7(16-4-3-9(15)17)8(5-6)18-10(12,13)14/h1-2,5,16H,3-4H2,(H2,15,17). The first-order valence-corrected chi connectivity index (χ1v) is 5.65. The molecule has 1 rings (SSSR count). The zero-order valence-electron chi connectivity index (χ0n) is 9.05. The van der Waals surface area contributed by atoms with Gasteiger partial charge in [0.1, 0.15) is 0 Å². The normalized spacial score (nSPS) is 11.1. The predicted octanol–water partition coefficient (Wildman–Crippen LogP) is 2.63. The topological polar surface area (TPSA) is 64.4 Å². The molecule has 0 aliphatic heterocycles. The van der Waals surface area contributed by atoms with E-state index in [2.05, 4.69) is 26.0 Å². The Morgan fingerprint density at radius 1 is 1.44 bits per heavy atom. The first kappa shape index (κ1) is 14.6. The lowest BCUT2D eigenvalue weighted by atomic mass is 10.3. The Kier molecular flexibility index (Phi) is 4.83. The van der Waals surface area contributed by atoms with E-state index in [1.807, 2.05) is 0 Å². The summed E-state index contributed by atoms with van der Waals surface area (Å²) >= 11 is 3.05. The lowest BCUT2D eigenvalue weighted by Gasteiger charge is -2.14. The van der Waals surface area contributed by atoms with Crippen molar-refractivity contribution in [1.29, 1.82) is 0 Å². The maximum atomic E-state index is 12.2. The molecule has 100 valence electrons. The third kappa shape index (κ3) is 5.26. The summed E-state index contributed by atoms with van der Waals surface area (Å²) in [6.07, 6.45) is -4.76. The molecule has 0 bridgehead atoms. The highest BCUT2D eigenvalue weighted by Crippen LogP contribution is 2.32. The zero-order chi connectivity index (χ0) is 13.8. The van der Waals surface area contributed by atoms with Crippen LogP contribution in [-0.4, -0.2) is 18.8 Å². The summed E-state index contributed by atoms with van der Waals surface area (Å²) < 4.78 is 40.8. The number of primary amides is 1. The molecule has 1 aromatic rings. The number of benzene rings is 1. The number of nitrogens with two attached hydrogens (primary N) is 1. The van der Waals surface area contributed by atoms with Gasteiger partial charge in [-0.25, -0.2) is 0 Å². The average molecular weight is 327 g/mol. The molecule has 0 saturated heterocycles. The number of amides is 1. The molecule has 0 aliphatic carbocycles. The average Bonchev–Trinajstić information content (AvgIpc) is 2.18. The van der Waals surface area contributed by atoms with Gasteiger partial charge in [0.2, 0.25) is 5.91 Å². The summed E-state index contributed by atoms with van der Waals surface area (Å²) in [4.78, 5) is 10.5. The Labute approximate surface area is 109 Å². The van der Waals surface area contributed by atoms with Gasteiger partial charge in [0.05, 0.1) is 5.69 Å². The van der Waals surface area contributed by atoms with Gasteiger partial charge >= 0.3 is 6.36 Å². The van der Waals surface area contributed by atoms with Crippen molar-refractivity contribution in [3.8, 4) is 5.75 Å². The molecule has 0 unspecified atom stereocenters. The quantitative estimate of drug-likeness (QED) is 0.874. The third-order valence-corrected chi connectivity index (χ3v) is 2.35. The molecule has 3 N–H and O–H groups in total. The molecule has 18 heavy (non-hydrogen) atoms. The predicted molar refractivity (Wildman–Crippen MR) is 63.1 cm³/mol. The van der Waals surface area contributed by atoms with Gasteiger partial charge in [0.25, 0.3) is 0 Å². The number of hydrogen-bond acceptors (Lipinski definition) is 3. The zero-order valence-corrected chi connectivity index (χ0v) is 10.6. The highest BCUT2D eigenvalue weighted by atomic mass is 79.9. The summed E-state index contributed by atoms with van der Waals surface area (Å²) in [7, 11) is 0. The van der Waals surface area contributed by atoms with Crippen molar-refractivity contribution in [2.45, 2.75) is 12.8 Å². The Hall–Kier alpha value is -1.44. The summed E-state index contributed by atoms with van der Waals surface area (Å²) in [5.74, 6) is -0.917. The van der Waals surface area contributed by atoms with E-state index in [1.54, 1.807) is 6.07 Å². The second-order valence-electron chi connectivity index (χ2n) is 3.33. The van der Waals surface area contributed by atoms with E-state index >= 15 is 0 Å². The molecular formula is C10H10BrF3N2O2. The number of anilines is 1. The van der Waals surface area contributed by atoms with E-state index in [-0.39, 0.29) is 24.4 Å². The van der Waals surface area contributed by atoms with E-state index in [0.717, 1.165) is 0 Å². The molecule has 0 saturated carbocycles. The van der Waals surface area contributed by atoms with Crippen LogP contribution in [0.3, 0.4) is 0 Å². The van der Waals surface area contributed by atoms with Crippen LogP contribution in [0.5, 0.6) is 5.75 Å². The Balaban J connectivity index is 2.79. The fraction of sp³-hybridized carbons (Fsp3) is 0.300. The molecule has 8 heteroatoms. The molecule has 0 fully saturated rings. The molecule has 0 atom stereocenters. The van der Waals surface area contributed by atoms with Gasteiger partial charge in [-0.3, -0.25) is 4.79 Å². The van der Waals surface area contributed by atoms with E-state index in [1.165, 1.54) is 12.1 Å². The van der Waals surface area contributed by atoms with Gasteiger partial charge in [0.15, 0.2) is 5.75 Å². The highest BCUT2D eigenvalue weighted by Gasteiger charge is 2.32. The fourth-order valence-electron chi connectivity index (χ4n) is 1.17. The van der Waals surface area contributed by atoms with E-state index in [0.29, 0.717) is 4.47 Å². The molecule has 0 aromatic heterocycles. The number of nitrogens with one attached hydrogen (secondary N) is 1. The van der Waals surface area contributed by atoms with Crippen molar-refractivity contribution >= 4 is 27.5 Å². The van der Waals surface area contributed by atoms with E-state index in [9.17, 15) is 18.0 Å². The Bertz CT molecular complexity index is 438. The van der Waals surface area contributed by atoms with E-state index < -0.39 is 12.3 Å². The van der Waals surface area contributed by atoms with Crippen LogP contribution in [0.2, 0.25) is 0 Å². The van der Waals surface area contributed by atoms with Crippen LogP contribution in [-0.2, 0) is 4.79 Å². The van der Waals surface area contributed by atoms with Crippen LogP contribution < -0.4 is 15.8 Å². The molecule has 1 aromatic carbocycles. The van der Waals surface area contributed by atoms with Gasteiger partial charge in [-0.05, 0) is 18.2 Å². The largest absolute Gasteiger partial charge is 0.573 e. The van der Waals surface area contributed by atoms with Crippen LogP contribution in [0.25, 0.3) is 0 Å². The molecule has 4 nitrogen and oxygen atoms in total. The summed E-state index contributed by atoms with van der Waals surface area (Å²) in [5, 5.41) is 2.65. The van der Waals surface area contributed by atoms with Crippen molar-refractivity contribution < 1.29 is 22.7 Å². The maximum absolute atomic E-state index is 12.2. The Morgan fingerprint density at radius 2 is 2.11 bits per heavy atom. The van der Waals surface area contributed by atoms with Gasteiger partial charge in [-0.2, -0.15) is 0 Å². The number of hydrogen-bond donors (Lipinski definition) is 2. The monoisotopic (exact) mass is 326 g/mol. The molecular weight excluding hydrogens is 317 g/mol. The van der Waals surface area contributed by atoms with Gasteiger partial charge in [-0.15, -0.1) is 13.2 Å². The van der Waals surface area contributed by atoms with Gasteiger partial charge in [-0.1, -0.05) is 15.9 Å². The van der Waals surface area contributed by atoms with Crippen LogP contribution in [0.4, 0.5) is 18.9 Å². The number of alkyl halides is 3. The SMILES string of the molecule is NC(=O)CCNc1ccc(Br)cc1OC(F)(F)F. The summed E-state index contributed by atoms with van der Waals surface area (Å²) in [6.45, 7) is 0.130. The van der Waals surface area contributed by atoms with Crippen molar-refractivity contribution in [2.24, 2.45) is 5.73 Å². The molecule has 0 spiro atoms. The smallest absolute Gasteiger partial charge is 0.404 e. The van der Waals surface area contributed by atoms with Crippen molar-refractivity contribution in [1.82, 2.24) is 0 Å². The second kappa shape index (κ2) is 5.94. The number of rotatable bonds is 5. The number of carbonyl (C=O) groups excluding carboxylic acids is 1. The second-order valence-corrected chi connectivity index (χ2v) is 4.25.